The van der Waals surface area contributed by atoms with E-state index in [1.165, 1.54) is 16.0 Å². The fourth-order valence-electron chi connectivity index (χ4n) is 3.17. The molecule has 0 bridgehead atoms. The second-order valence-electron chi connectivity index (χ2n) is 7.77. The standard InChI is InChI=1S/C19H24ClN5OS/c1-19(2,3)18(26)25-17(23-11-13-4-5-15(20)27-13)14(10-21)16(24-25)12-6-8-22-9-7-12/h4-5,12,22-23H,6-9,11H2,1-3H3. The number of hydrogen-bond donors (Lipinski definition) is 2. The maximum Gasteiger partial charge on any atom is 0.254 e. The molecule has 0 aliphatic carbocycles. The number of halogens is 1. The summed E-state index contributed by atoms with van der Waals surface area (Å²) in [5.74, 6) is 0.535. The number of hydrogen-bond acceptors (Lipinski definition) is 6. The topological polar surface area (TPSA) is 82.7 Å². The lowest BCUT2D eigenvalue weighted by Gasteiger charge is -2.21. The van der Waals surface area contributed by atoms with Gasteiger partial charge in [0, 0.05) is 16.2 Å². The van der Waals surface area contributed by atoms with E-state index in [4.69, 9.17) is 11.6 Å². The van der Waals surface area contributed by atoms with Crippen molar-refractivity contribution in [2.24, 2.45) is 5.41 Å². The second-order valence-corrected chi connectivity index (χ2v) is 9.57. The molecule has 1 saturated heterocycles. The third-order valence-corrected chi connectivity index (χ3v) is 5.87. The number of nitrogens with one attached hydrogen (secondary N) is 2. The number of carbonyl (C=O) groups is 1. The van der Waals surface area contributed by atoms with Crippen molar-refractivity contribution < 1.29 is 4.79 Å². The predicted molar refractivity (Wildman–Crippen MR) is 109 cm³/mol. The highest BCUT2D eigenvalue weighted by Gasteiger charge is 2.32. The quantitative estimate of drug-likeness (QED) is 0.795. The zero-order chi connectivity index (χ0) is 19.6. The second kappa shape index (κ2) is 8.01. The van der Waals surface area contributed by atoms with Crippen molar-refractivity contribution in [3.63, 3.8) is 0 Å². The van der Waals surface area contributed by atoms with E-state index in [1.807, 2.05) is 32.9 Å². The van der Waals surface area contributed by atoms with E-state index < -0.39 is 5.41 Å². The molecular formula is C19H24ClN5OS. The van der Waals surface area contributed by atoms with Gasteiger partial charge in [-0.15, -0.1) is 11.3 Å². The van der Waals surface area contributed by atoms with Gasteiger partial charge in [0.15, 0.2) is 5.82 Å². The number of piperidine rings is 1. The summed E-state index contributed by atoms with van der Waals surface area (Å²) >= 11 is 7.48. The Morgan fingerprint density at radius 1 is 1.44 bits per heavy atom. The number of nitriles is 1. The fraction of sp³-hybridized carbons (Fsp3) is 0.526. The van der Waals surface area contributed by atoms with Crippen LogP contribution in [-0.4, -0.2) is 28.8 Å². The van der Waals surface area contributed by atoms with E-state index in [2.05, 4.69) is 21.8 Å². The summed E-state index contributed by atoms with van der Waals surface area (Å²) in [5, 5.41) is 21.1. The molecule has 1 aliphatic rings. The molecule has 0 saturated carbocycles. The third kappa shape index (κ3) is 4.34. The van der Waals surface area contributed by atoms with Gasteiger partial charge in [-0.25, -0.2) is 0 Å². The van der Waals surface area contributed by atoms with Crippen LogP contribution >= 0.6 is 22.9 Å². The summed E-state index contributed by atoms with van der Waals surface area (Å²) in [4.78, 5) is 14.0. The molecule has 1 aliphatic heterocycles. The van der Waals surface area contributed by atoms with Crippen LogP contribution in [0.3, 0.4) is 0 Å². The largest absolute Gasteiger partial charge is 0.364 e. The van der Waals surface area contributed by atoms with Gasteiger partial charge >= 0.3 is 0 Å². The molecule has 144 valence electrons. The number of carbonyl (C=O) groups excluding carboxylic acids is 1. The van der Waals surface area contributed by atoms with Crippen molar-refractivity contribution in [1.82, 2.24) is 15.1 Å². The molecule has 0 aromatic carbocycles. The van der Waals surface area contributed by atoms with Gasteiger partial charge in [-0.05, 0) is 38.1 Å². The lowest BCUT2D eigenvalue weighted by atomic mass is 9.92. The zero-order valence-corrected chi connectivity index (χ0v) is 17.4. The highest BCUT2D eigenvalue weighted by atomic mass is 35.5. The minimum Gasteiger partial charge on any atom is -0.364 e. The Kier molecular flexibility index (Phi) is 5.89. The first-order valence-corrected chi connectivity index (χ1v) is 10.3. The van der Waals surface area contributed by atoms with Crippen LogP contribution in [0.1, 0.15) is 60.5 Å². The van der Waals surface area contributed by atoms with E-state index in [9.17, 15) is 10.1 Å². The van der Waals surface area contributed by atoms with E-state index in [1.54, 1.807) is 0 Å². The molecule has 0 spiro atoms. The average Bonchev–Trinajstić information content (AvgIpc) is 3.22. The summed E-state index contributed by atoms with van der Waals surface area (Å²) in [6.45, 7) is 7.85. The van der Waals surface area contributed by atoms with Crippen LogP contribution < -0.4 is 10.6 Å². The maximum atomic E-state index is 13.0. The van der Waals surface area contributed by atoms with Crippen molar-refractivity contribution >= 4 is 34.7 Å². The zero-order valence-electron chi connectivity index (χ0n) is 15.8. The molecule has 0 amide bonds. The summed E-state index contributed by atoms with van der Waals surface area (Å²) in [6, 6.07) is 6.06. The van der Waals surface area contributed by atoms with Gasteiger partial charge in [0.2, 0.25) is 0 Å². The molecule has 27 heavy (non-hydrogen) atoms. The van der Waals surface area contributed by atoms with Gasteiger partial charge in [0.05, 0.1) is 16.6 Å². The fourth-order valence-corrected chi connectivity index (χ4v) is 4.20. The predicted octanol–water partition coefficient (Wildman–Crippen LogP) is 4.24. The Hall–Kier alpha value is -1.88. The molecule has 2 aromatic rings. The van der Waals surface area contributed by atoms with Crippen LogP contribution in [0.2, 0.25) is 4.34 Å². The first-order valence-electron chi connectivity index (χ1n) is 9.08. The van der Waals surface area contributed by atoms with Gasteiger partial charge in [0.1, 0.15) is 11.6 Å². The normalized spacial score (nSPS) is 15.5. The van der Waals surface area contributed by atoms with E-state index in [0.29, 0.717) is 22.3 Å². The van der Waals surface area contributed by atoms with Gasteiger partial charge in [-0.2, -0.15) is 15.0 Å². The summed E-state index contributed by atoms with van der Waals surface area (Å²) in [5.41, 5.74) is 0.595. The van der Waals surface area contributed by atoms with Crippen LogP contribution in [0, 0.1) is 16.7 Å². The average molecular weight is 406 g/mol. The Labute approximate surface area is 168 Å². The molecule has 8 heteroatoms. The minimum absolute atomic E-state index is 0.133. The molecule has 2 aromatic heterocycles. The van der Waals surface area contributed by atoms with Gasteiger partial charge in [-0.3, -0.25) is 4.79 Å². The van der Waals surface area contributed by atoms with E-state index in [0.717, 1.165) is 36.5 Å². The summed E-state index contributed by atoms with van der Waals surface area (Å²) in [6.07, 6.45) is 1.82. The van der Waals surface area contributed by atoms with Crippen molar-refractivity contribution in [3.05, 3.63) is 32.6 Å². The number of nitrogens with zero attached hydrogens (tertiary/aromatic N) is 3. The maximum absolute atomic E-state index is 13.0. The Morgan fingerprint density at radius 3 is 2.70 bits per heavy atom. The van der Waals surface area contributed by atoms with Gasteiger partial charge < -0.3 is 10.6 Å². The molecule has 2 N–H and O–H groups in total. The minimum atomic E-state index is -0.604. The SMILES string of the molecule is CC(C)(C)C(=O)n1nc(C2CCNCC2)c(C#N)c1NCc1ccc(Cl)s1. The highest BCUT2D eigenvalue weighted by Crippen LogP contribution is 2.33. The van der Waals surface area contributed by atoms with Crippen molar-refractivity contribution in [3.8, 4) is 6.07 Å². The van der Waals surface area contributed by atoms with Crippen LogP contribution in [0.15, 0.2) is 12.1 Å². The Bertz CT molecular complexity index is 868. The number of thiophene rings is 1. The number of aromatic nitrogens is 2. The molecule has 0 unspecified atom stereocenters. The third-order valence-electron chi connectivity index (χ3n) is 4.64. The molecule has 6 nitrogen and oxygen atoms in total. The Balaban J connectivity index is 2.00. The van der Waals surface area contributed by atoms with Crippen molar-refractivity contribution in [2.45, 2.75) is 46.1 Å². The van der Waals surface area contributed by atoms with Crippen LogP contribution in [0.5, 0.6) is 0 Å². The van der Waals surface area contributed by atoms with Crippen LogP contribution in [0.4, 0.5) is 5.82 Å². The molecular weight excluding hydrogens is 382 g/mol. The van der Waals surface area contributed by atoms with E-state index in [-0.39, 0.29) is 11.8 Å². The monoisotopic (exact) mass is 405 g/mol. The first kappa shape index (κ1) is 19.9. The summed E-state index contributed by atoms with van der Waals surface area (Å²) < 4.78 is 2.10. The first-order chi connectivity index (χ1) is 12.8. The van der Waals surface area contributed by atoms with E-state index >= 15 is 0 Å². The molecule has 0 radical (unpaired) electrons. The lowest BCUT2D eigenvalue weighted by Crippen LogP contribution is -2.29. The van der Waals surface area contributed by atoms with Gasteiger partial charge in [0.25, 0.3) is 5.91 Å². The highest BCUT2D eigenvalue weighted by molar-refractivity contribution is 7.16. The van der Waals surface area contributed by atoms with Crippen LogP contribution in [-0.2, 0) is 6.54 Å². The van der Waals surface area contributed by atoms with Crippen LogP contribution in [0.25, 0.3) is 0 Å². The lowest BCUT2D eigenvalue weighted by molar-refractivity contribution is 0.0751. The van der Waals surface area contributed by atoms with Crippen molar-refractivity contribution in [1.29, 1.82) is 5.26 Å². The molecule has 1 fully saturated rings. The smallest absolute Gasteiger partial charge is 0.254 e. The van der Waals surface area contributed by atoms with Crippen molar-refractivity contribution in [2.75, 3.05) is 18.4 Å². The molecule has 3 heterocycles. The molecule has 0 atom stereocenters. The molecule has 3 rings (SSSR count). The number of rotatable bonds is 4. The Morgan fingerprint density at radius 2 is 2.15 bits per heavy atom. The van der Waals surface area contributed by atoms with Gasteiger partial charge in [-0.1, -0.05) is 32.4 Å². The number of anilines is 1. The summed E-state index contributed by atoms with van der Waals surface area (Å²) in [7, 11) is 0.